The molecule has 0 saturated carbocycles. The Morgan fingerprint density at radius 2 is 0.554 bits per heavy atom. The van der Waals surface area contributed by atoms with Crippen LogP contribution in [-0.2, 0) is 81.5 Å². The second kappa shape index (κ2) is 26.3. The van der Waals surface area contributed by atoms with Gasteiger partial charge in [-0.25, -0.2) is 0 Å². The molecule has 24 heteroatoms. The molecule has 10 atom stereocenters. The first kappa shape index (κ1) is 53.4. The van der Waals surface area contributed by atoms with Gasteiger partial charge in [-0.05, 0) is 108 Å². The summed E-state index contributed by atoms with van der Waals surface area (Å²) in [7, 11) is -17.8. The molecule has 7 aliphatic heterocycles. The lowest BCUT2D eigenvalue weighted by atomic mass is 10.5. The van der Waals surface area contributed by atoms with Crippen LogP contribution in [0.2, 0.25) is 69.0 Å². The molecule has 18 nitrogen and oxygen atoms in total. The van der Waals surface area contributed by atoms with Gasteiger partial charge in [0, 0.05) is 39.6 Å². The quantitative estimate of drug-likeness (QED) is 0.0484. The molecule has 378 valence electrons. The maximum atomic E-state index is 7.70. The molecular formula is C41H82O18Si6. The summed E-state index contributed by atoms with van der Waals surface area (Å²) < 4.78 is 115. The van der Waals surface area contributed by atoms with Gasteiger partial charge < -0.3 is 81.5 Å². The summed E-state index contributed by atoms with van der Waals surface area (Å²) in [4.78, 5) is 0. The van der Waals surface area contributed by atoms with E-state index in [4.69, 9.17) is 81.5 Å². The maximum Gasteiger partial charge on any atom is 0.317 e. The van der Waals surface area contributed by atoms with Crippen molar-refractivity contribution in [2.75, 3.05) is 119 Å². The third-order valence-electron chi connectivity index (χ3n) is 12.1. The predicted molar refractivity (Wildman–Crippen MR) is 252 cm³/mol. The molecule has 0 bridgehead atoms. The standard InChI is InChI=1S/C41H82O18Si6/c1-61(19-7-13-43-25-37-31-49-37)54-60(18-6-12-42-24-36-30-48-36)55-62(2,20-8-14-44-26-38-32-50-38)57-64(4,22-10-16-46-28-40-34-52-40)59-65(5,23-11-17-47-29-41-35-53-41)58-63(3,56-61)21-9-15-45-27-39-33-51-39/h36-41,60H,6-35H2,1-5H3. The topological polar surface area (TPSA) is 186 Å². The second-order valence-corrected chi connectivity index (χ2v) is 40.0. The second-order valence-electron chi connectivity index (χ2n) is 19.6. The number of epoxide rings is 6. The number of rotatable bonds is 36. The molecule has 0 spiro atoms. The third-order valence-corrected chi connectivity index (χ3v) is 39.1. The average Bonchev–Trinajstić information content (AvgIpc) is 4.02. The van der Waals surface area contributed by atoms with Crippen LogP contribution in [0.5, 0.6) is 0 Å². The van der Waals surface area contributed by atoms with Crippen molar-refractivity contribution in [3.8, 4) is 0 Å². The van der Waals surface area contributed by atoms with Crippen LogP contribution < -0.4 is 0 Å². The van der Waals surface area contributed by atoms with E-state index >= 15 is 0 Å². The number of hydrogen-bond donors (Lipinski definition) is 0. The summed E-state index contributed by atoms with van der Waals surface area (Å²) in [5, 5.41) is 0. The maximum absolute atomic E-state index is 7.70. The van der Waals surface area contributed by atoms with Crippen LogP contribution in [-0.4, -0.2) is 208 Å². The molecule has 7 aliphatic rings. The van der Waals surface area contributed by atoms with Gasteiger partial charge in [-0.2, -0.15) is 0 Å². The van der Waals surface area contributed by atoms with Crippen molar-refractivity contribution in [2.24, 2.45) is 0 Å². The van der Waals surface area contributed by atoms with Crippen LogP contribution >= 0.6 is 0 Å². The zero-order valence-corrected chi connectivity index (χ0v) is 46.3. The van der Waals surface area contributed by atoms with Crippen molar-refractivity contribution in [1.29, 1.82) is 0 Å². The molecule has 7 fully saturated rings. The van der Waals surface area contributed by atoms with Crippen molar-refractivity contribution >= 4 is 52.1 Å². The zero-order valence-electron chi connectivity index (χ0n) is 40.1. The lowest BCUT2D eigenvalue weighted by Crippen LogP contribution is -2.65. The van der Waals surface area contributed by atoms with Crippen LogP contribution in [0, 0.1) is 0 Å². The summed E-state index contributed by atoms with van der Waals surface area (Å²) in [6.07, 6.45) is 5.96. The normalized spacial score (nSPS) is 38.8. The molecule has 0 amide bonds. The fraction of sp³-hybridized carbons (Fsp3) is 1.00. The molecule has 10 unspecified atom stereocenters. The van der Waals surface area contributed by atoms with E-state index in [2.05, 4.69) is 32.7 Å². The van der Waals surface area contributed by atoms with Crippen molar-refractivity contribution in [1.82, 2.24) is 0 Å². The SMILES string of the molecule is C[Si]1(CCCOCC2CO2)O[SiH](CCCOCC2CO2)O[Si](C)(CCCOCC2CO2)O[Si](C)(CCCOCC2CO2)O[Si](C)(CCCOCC2CO2)O[Si](C)(CCCOCC2CO2)O1. The first-order chi connectivity index (χ1) is 31.4. The molecular weight excluding hydrogens is 949 g/mol. The molecule has 0 N–H and O–H groups in total. The molecule has 7 rings (SSSR count). The van der Waals surface area contributed by atoms with Crippen LogP contribution in [0.3, 0.4) is 0 Å². The Morgan fingerprint density at radius 1 is 0.338 bits per heavy atom. The van der Waals surface area contributed by atoms with Crippen LogP contribution in [0.25, 0.3) is 0 Å². The van der Waals surface area contributed by atoms with E-state index in [1.165, 1.54) is 0 Å². The first-order valence-corrected chi connectivity index (χ1v) is 39.1. The molecule has 0 aliphatic carbocycles. The summed E-state index contributed by atoms with van der Waals surface area (Å²) in [6, 6.07) is 4.37. The van der Waals surface area contributed by atoms with E-state index in [-0.39, 0.29) is 36.6 Å². The lowest BCUT2D eigenvalue weighted by Gasteiger charge is -2.48. The van der Waals surface area contributed by atoms with Crippen molar-refractivity contribution in [3.63, 3.8) is 0 Å². The van der Waals surface area contributed by atoms with Gasteiger partial charge in [0.15, 0.2) is 0 Å². The Labute approximate surface area is 395 Å². The fourth-order valence-corrected chi connectivity index (χ4v) is 40.4. The van der Waals surface area contributed by atoms with Crippen LogP contribution in [0.4, 0.5) is 0 Å². The Morgan fingerprint density at radius 3 is 0.800 bits per heavy atom. The Bertz CT molecular complexity index is 1290. The van der Waals surface area contributed by atoms with Gasteiger partial charge in [-0.1, -0.05) is 0 Å². The highest BCUT2D eigenvalue weighted by Crippen LogP contribution is 2.38. The van der Waals surface area contributed by atoms with Gasteiger partial charge in [-0.15, -0.1) is 0 Å². The van der Waals surface area contributed by atoms with Gasteiger partial charge in [0.05, 0.1) is 79.3 Å². The summed E-state index contributed by atoms with van der Waals surface area (Å²) in [5.41, 5.74) is 0. The first-order valence-electron chi connectivity index (χ1n) is 24.7. The minimum Gasteiger partial charge on any atom is -0.418 e. The van der Waals surface area contributed by atoms with E-state index in [1.54, 1.807) is 0 Å². The van der Waals surface area contributed by atoms with E-state index in [0.717, 1.165) is 114 Å². The molecule has 0 radical (unpaired) electrons. The molecule has 7 heterocycles. The minimum absolute atomic E-state index is 0.203. The Kier molecular flexibility index (Phi) is 21.6. The molecule has 0 aromatic rings. The predicted octanol–water partition coefficient (Wildman–Crippen LogP) is 4.51. The highest BCUT2D eigenvalue weighted by molar-refractivity contribution is 6.92. The van der Waals surface area contributed by atoms with Crippen molar-refractivity contribution in [2.45, 2.75) is 144 Å². The highest BCUT2D eigenvalue weighted by atomic mass is 28.5. The van der Waals surface area contributed by atoms with Gasteiger partial charge in [0.1, 0.15) is 36.6 Å². The van der Waals surface area contributed by atoms with Gasteiger partial charge >= 0.3 is 52.1 Å². The Hall–Kier alpha value is 0.581. The van der Waals surface area contributed by atoms with Crippen LogP contribution in [0.1, 0.15) is 38.5 Å². The number of hydrogen-bond acceptors (Lipinski definition) is 18. The van der Waals surface area contributed by atoms with Gasteiger partial charge in [0.25, 0.3) is 0 Å². The summed E-state index contributed by atoms with van der Waals surface area (Å²) in [6.45, 7) is 22.9. The lowest BCUT2D eigenvalue weighted by molar-refractivity contribution is 0.111. The summed E-state index contributed by atoms with van der Waals surface area (Å²) in [5.74, 6) is 0. The van der Waals surface area contributed by atoms with E-state index < -0.39 is 52.1 Å². The average molecular weight is 1030 g/mol. The van der Waals surface area contributed by atoms with E-state index in [1.807, 2.05) is 0 Å². The molecule has 7 saturated heterocycles. The highest BCUT2D eigenvalue weighted by Gasteiger charge is 2.55. The van der Waals surface area contributed by atoms with Crippen molar-refractivity contribution in [3.05, 3.63) is 0 Å². The molecule has 65 heavy (non-hydrogen) atoms. The largest absolute Gasteiger partial charge is 0.418 e. The minimum atomic E-state index is -3.09. The zero-order chi connectivity index (χ0) is 45.5. The van der Waals surface area contributed by atoms with Crippen molar-refractivity contribution < 1.29 is 81.5 Å². The smallest absolute Gasteiger partial charge is 0.317 e. The Balaban J connectivity index is 1.15. The van der Waals surface area contributed by atoms with E-state index in [9.17, 15) is 0 Å². The van der Waals surface area contributed by atoms with E-state index in [0.29, 0.717) is 79.3 Å². The third kappa shape index (κ3) is 22.7. The van der Waals surface area contributed by atoms with Crippen LogP contribution in [0.15, 0.2) is 0 Å². The molecule has 0 aromatic heterocycles. The molecule has 0 aromatic carbocycles. The fourth-order valence-electron chi connectivity index (χ4n) is 8.26. The monoisotopic (exact) mass is 1030 g/mol. The van der Waals surface area contributed by atoms with Gasteiger partial charge in [-0.3, -0.25) is 0 Å². The van der Waals surface area contributed by atoms with Gasteiger partial charge in [0.2, 0.25) is 0 Å². The summed E-state index contributed by atoms with van der Waals surface area (Å²) >= 11 is 0. The number of ether oxygens (including phenoxy) is 12.